The molecule has 0 aliphatic rings. The molecular weight excluding hydrogens is 233 g/mol. The van der Waals surface area contributed by atoms with Gasteiger partial charge in [-0.25, -0.2) is 4.39 Å². The van der Waals surface area contributed by atoms with Crippen LogP contribution in [0.2, 0.25) is 0 Å². The standard InChI is InChI=1S/C14H14FNO2/c1-9-7-11(3-5-13(9)15)18-12-4-6-14(10(2)17)16-8-12/h3-8,10,17H,1-2H3/t10-/m1/s1. The zero-order chi connectivity index (χ0) is 13.1. The highest BCUT2D eigenvalue weighted by atomic mass is 19.1. The lowest BCUT2D eigenvalue weighted by atomic mass is 10.2. The zero-order valence-electron chi connectivity index (χ0n) is 10.2. The van der Waals surface area contributed by atoms with Gasteiger partial charge in [-0.15, -0.1) is 0 Å². The van der Waals surface area contributed by atoms with Crippen molar-refractivity contribution < 1.29 is 14.2 Å². The fourth-order valence-corrected chi connectivity index (χ4v) is 1.52. The van der Waals surface area contributed by atoms with E-state index in [4.69, 9.17) is 4.74 Å². The first-order valence-electron chi connectivity index (χ1n) is 5.64. The zero-order valence-corrected chi connectivity index (χ0v) is 10.2. The molecule has 0 fully saturated rings. The Labute approximate surface area is 105 Å². The molecule has 94 valence electrons. The van der Waals surface area contributed by atoms with Crippen molar-refractivity contribution in [1.29, 1.82) is 0 Å². The van der Waals surface area contributed by atoms with Crippen LogP contribution < -0.4 is 4.74 Å². The van der Waals surface area contributed by atoms with Gasteiger partial charge in [-0.1, -0.05) is 0 Å². The van der Waals surface area contributed by atoms with Crippen molar-refractivity contribution >= 4 is 0 Å². The maximum Gasteiger partial charge on any atom is 0.145 e. The van der Waals surface area contributed by atoms with Crippen LogP contribution in [0.4, 0.5) is 4.39 Å². The van der Waals surface area contributed by atoms with Crippen molar-refractivity contribution in [3.8, 4) is 11.5 Å². The highest BCUT2D eigenvalue weighted by Gasteiger charge is 2.04. The Balaban J connectivity index is 2.15. The van der Waals surface area contributed by atoms with Crippen LogP contribution in [0.5, 0.6) is 11.5 Å². The smallest absolute Gasteiger partial charge is 0.145 e. The molecule has 0 amide bonds. The molecule has 0 aliphatic carbocycles. The molecule has 1 aromatic heterocycles. The number of aliphatic hydroxyl groups is 1. The van der Waals surface area contributed by atoms with Gasteiger partial charge in [0.25, 0.3) is 0 Å². The predicted octanol–water partition coefficient (Wildman–Crippen LogP) is 3.37. The summed E-state index contributed by atoms with van der Waals surface area (Å²) in [5, 5.41) is 9.33. The number of hydrogen-bond donors (Lipinski definition) is 1. The molecule has 0 unspecified atom stereocenters. The summed E-state index contributed by atoms with van der Waals surface area (Å²) in [6.45, 7) is 3.32. The first-order valence-corrected chi connectivity index (χ1v) is 5.64. The van der Waals surface area contributed by atoms with Crippen LogP contribution in [0.15, 0.2) is 36.5 Å². The third-order valence-electron chi connectivity index (χ3n) is 2.55. The molecule has 0 bridgehead atoms. The molecule has 18 heavy (non-hydrogen) atoms. The molecule has 0 spiro atoms. The van der Waals surface area contributed by atoms with E-state index in [0.717, 1.165) is 0 Å². The average Bonchev–Trinajstić information content (AvgIpc) is 2.34. The molecule has 1 N–H and O–H groups in total. The van der Waals surface area contributed by atoms with Crippen molar-refractivity contribution in [3.05, 3.63) is 53.6 Å². The third-order valence-corrected chi connectivity index (χ3v) is 2.55. The van der Waals surface area contributed by atoms with Crippen molar-refractivity contribution in [2.45, 2.75) is 20.0 Å². The summed E-state index contributed by atoms with van der Waals surface area (Å²) in [5.74, 6) is 0.843. The lowest BCUT2D eigenvalue weighted by molar-refractivity contribution is 0.194. The van der Waals surface area contributed by atoms with Gasteiger partial charge in [-0.05, 0) is 49.7 Å². The van der Waals surface area contributed by atoms with Gasteiger partial charge >= 0.3 is 0 Å². The Bertz CT molecular complexity index is 538. The van der Waals surface area contributed by atoms with Gasteiger partial charge in [0, 0.05) is 0 Å². The highest BCUT2D eigenvalue weighted by Crippen LogP contribution is 2.23. The lowest BCUT2D eigenvalue weighted by Gasteiger charge is -2.08. The van der Waals surface area contributed by atoms with Crippen molar-refractivity contribution in [2.24, 2.45) is 0 Å². The topological polar surface area (TPSA) is 42.4 Å². The van der Waals surface area contributed by atoms with Gasteiger partial charge in [0.15, 0.2) is 0 Å². The van der Waals surface area contributed by atoms with Crippen LogP contribution in [-0.2, 0) is 0 Å². The number of benzene rings is 1. The van der Waals surface area contributed by atoms with E-state index in [2.05, 4.69) is 4.98 Å². The second-order valence-electron chi connectivity index (χ2n) is 4.11. The van der Waals surface area contributed by atoms with Crippen LogP contribution in [0.3, 0.4) is 0 Å². The maximum absolute atomic E-state index is 13.1. The van der Waals surface area contributed by atoms with Crippen LogP contribution in [0, 0.1) is 12.7 Å². The summed E-state index contributed by atoms with van der Waals surface area (Å²) in [7, 11) is 0. The van der Waals surface area contributed by atoms with E-state index >= 15 is 0 Å². The van der Waals surface area contributed by atoms with Gasteiger partial charge in [0.05, 0.1) is 18.0 Å². The monoisotopic (exact) mass is 247 g/mol. The molecule has 1 heterocycles. The van der Waals surface area contributed by atoms with Crippen LogP contribution >= 0.6 is 0 Å². The Kier molecular flexibility index (Phi) is 3.58. The number of hydrogen-bond acceptors (Lipinski definition) is 3. The van der Waals surface area contributed by atoms with Gasteiger partial charge in [-0.2, -0.15) is 0 Å². The number of pyridine rings is 1. The van der Waals surface area contributed by atoms with Gasteiger partial charge in [0.2, 0.25) is 0 Å². The molecule has 4 heteroatoms. The Morgan fingerprint density at radius 2 is 1.94 bits per heavy atom. The van der Waals surface area contributed by atoms with Crippen molar-refractivity contribution in [1.82, 2.24) is 4.98 Å². The molecule has 2 aromatic rings. The Hall–Kier alpha value is -1.94. The quantitative estimate of drug-likeness (QED) is 0.904. The molecule has 1 aromatic carbocycles. The van der Waals surface area contributed by atoms with E-state index in [1.165, 1.54) is 12.3 Å². The van der Waals surface area contributed by atoms with Gasteiger partial charge < -0.3 is 9.84 Å². The Morgan fingerprint density at radius 3 is 2.50 bits per heavy atom. The Morgan fingerprint density at radius 1 is 1.22 bits per heavy atom. The largest absolute Gasteiger partial charge is 0.456 e. The van der Waals surface area contributed by atoms with E-state index in [0.29, 0.717) is 22.8 Å². The minimum absolute atomic E-state index is 0.259. The molecule has 0 aliphatic heterocycles. The molecule has 0 saturated carbocycles. The van der Waals surface area contributed by atoms with E-state index in [1.807, 2.05) is 0 Å². The summed E-state index contributed by atoms with van der Waals surface area (Å²) >= 11 is 0. The first-order chi connectivity index (χ1) is 8.56. The first kappa shape index (κ1) is 12.5. The van der Waals surface area contributed by atoms with E-state index < -0.39 is 6.10 Å². The molecule has 2 rings (SSSR count). The van der Waals surface area contributed by atoms with Gasteiger partial charge in [0.1, 0.15) is 17.3 Å². The number of aromatic nitrogens is 1. The number of aliphatic hydroxyl groups excluding tert-OH is 1. The summed E-state index contributed by atoms with van der Waals surface area (Å²) in [6.07, 6.45) is 0.924. The molecule has 1 atom stereocenters. The van der Waals surface area contributed by atoms with E-state index in [9.17, 15) is 9.50 Å². The predicted molar refractivity (Wildman–Crippen MR) is 66.1 cm³/mol. The van der Waals surface area contributed by atoms with Crippen LogP contribution in [0.1, 0.15) is 24.3 Å². The normalized spacial score (nSPS) is 12.2. The number of nitrogens with zero attached hydrogens (tertiary/aromatic N) is 1. The number of halogens is 1. The molecular formula is C14H14FNO2. The third kappa shape index (κ3) is 2.84. The SMILES string of the molecule is Cc1cc(Oc2ccc([C@@H](C)O)nc2)ccc1F. The number of rotatable bonds is 3. The van der Waals surface area contributed by atoms with Crippen molar-refractivity contribution in [2.75, 3.05) is 0 Å². The maximum atomic E-state index is 13.1. The van der Waals surface area contributed by atoms with Crippen LogP contribution in [0.25, 0.3) is 0 Å². The minimum atomic E-state index is -0.605. The molecule has 0 radical (unpaired) electrons. The summed E-state index contributed by atoms with van der Waals surface area (Å²) in [4.78, 5) is 4.07. The summed E-state index contributed by atoms with van der Waals surface area (Å²) in [5.41, 5.74) is 1.11. The van der Waals surface area contributed by atoms with Crippen molar-refractivity contribution in [3.63, 3.8) is 0 Å². The fraction of sp³-hybridized carbons (Fsp3) is 0.214. The lowest BCUT2D eigenvalue weighted by Crippen LogP contribution is -1.95. The number of aryl methyl sites for hydroxylation is 1. The fourth-order valence-electron chi connectivity index (χ4n) is 1.52. The summed E-state index contributed by atoms with van der Waals surface area (Å²) in [6, 6.07) is 7.95. The second kappa shape index (κ2) is 5.14. The number of ether oxygens (including phenoxy) is 1. The molecule has 3 nitrogen and oxygen atoms in total. The van der Waals surface area contributed by atoms with E-state index in [1.54, 1.807) is 38.1 Å². The molecule has 0 saturated heterocycles. The highest BCUT2D eigenvalue weighted by molar-refractivity contribution is 5.33. The van der Waals surface area contributed by atoms with Crippen LogP contribution in [-0.4, -0.2) is 10.1 Å². The minimum Gasteiger partial charge on any atom is -0.456 e. The second-order valence-corrected chi connectivity index (χ2v) is 4.11. The van der Waals surface area contributed by atoms with E-state index in [-0.39, 0.29) is 5.82 Å². The van der Waals surface area contributed by atoms with Gasteiger partial charge in [-0.3, -0.25) is 4.98 Å². The summed E-state index contributed by atoms with van der Waals surface area (Å²) < 4.78 is 18.6. The average molecular weight is 247 g/mol.